The molecule has 29 heavy (non-hydrogen) atoms. The van der Waals surface area contributed by atoms with E-state index in [-0.39, 0.29) is 16.7 Å². The monoisotopic (exact) mass is 429 g/mol. The highest BCUT2D eigenvalue weighted by Crippen LogP contribution is 2.24. The highest BCUT2D eigenvalue weighted by Gasteiger charge is 2.14. The van der Waals surface area contributed by atoms with E-state index in [1.54, 1.807) is 24.3 Å². The predicted molar refractivity (Wildman–Crippen MR) is 113 cm³/mol. The molecule has 0 saturated carbocycles. The Morgan fingerprint density at radius 3 is 2.34 bits per heavy atom. The summed E-state index contributed by atoms with van der Waals surface area (Å²) in [5, 5.41) is 5.62. The Bertz CT molecular complexity index is 1010. The van der Waals surface area contributed by atoms with Crippen LogP contribution in [0.2, 0.25) is 10.0 Å². The summed E-state index contributed by atoms with van der Waals surface area (Å²) in [6.45, 7) is 1.93. The number of rotatable bonds is 5. The minimum absolute atomic E-state index is 0.161. The number of nitrogens with one attached hydrogen (secondary N) is 2. The molecule has 148 valence electrons. The second kappa shape index (κ2) is 9.41. The molecular weight excluding hydrogens is 413 g/mol. The van der Waals surface area contributed by atoms with Gasteiger partial charge in [0.25, 0.3) is 5.91 Å². The normalized spacial score (nSPS) is 11.4. The standard InChI is InChI=1S/C21H17Cl2N3O3/c1-13(14-2-4-15(22)5-3-14)29-17-8-6-16(7-9-17)25-21(28)26-20(27)18-10-11-24-12-19(18)23/h2-13H,1H3,(H2,25,26,27,28). The third-order valence-electron chi connectivity index (χ3n) is 4.01. The van der Waals surface area contributed by atoms with Crippen molar-refractivity contribution in [3.8, 4) is 5.75 Å². The number of carbonyl (C=O) groups is 2. The molecule has 0 radical (unpaired) electrons. The van der Waals surface area contributed by atoms with E-state index in [1.165, 1.54) is 18.5 Å². The van der Waals surface area contributed by atoms with Crippen LogP contribution in [0.1, 0.15) is 28.9 Å². The second-order valence-corrected chi connectivity index (χ2v) is 6.94. The Kier molecular flexibility index (Phi) is 6.69. The second-order valence-electron chi connectivity index (χ2n) is 6.10. The number of hydrogen-bond acceptors (Lipinski definition) is 4. The van der Waals surface area contributed by atoms with Gasteiger partial charge in [0.05, 0.1) is 10.6 Å². The molecule has 3 aromatic rings. The first-order valence-corrected chi connectivity index (χ1v) is 9.42. The Morgan fingerprint density at radius 1 is 1.00 bits per heavy atom. The third-order valence-corrected chi connectivity index (χ3v) is 4.56. The van der Waals surface area contributed by atoms with Crippen LogP contribution >= 0.6 is 23.2 Å². The molecule has 0 aliphatic heterocycles. The van der Waals surface area contributed by atoms with Crippen LogP contribution in [0.3, 0.4) is 0 Å². The number of urea groups is 1. The molecule has 1 heterocycles. The summed E-state index contributed by atoms with van der Waals surface area (Å²) < 4.78 is 5.89. The number of nitrogens with zero attached hydrogens (tertiary/aromatic N) is 1. The summed E-state index contributed by atoms with van der Waals surface area (Å²) in [4.78, 5) is 27.9. The number of ether oxygens (including phenoxy) is 1. The Labute approximate surface area is 177 Å². The van der Waals surface area contributed by atoms with E-state index >= 15 is 0 Å². The fourth-order valence-electron chi connectivity index (χ4n) is 2.51. The van der Waals surface area contributed by atoms with Crippen molar-refractivity contribution in [2.45, 2.75) is 13.0 Å². The number of halogens is 2. The van der Waals surface area contributed by atoms with Crippen molar-refractivity contribution in [2.75, 3.05) is 5.32 Å². The number of anilines is 1. The summed E-state index contributed by atoms with van der Waals surface area (Å²) in [6.07, 6.45) is 2.58. The molecule has 0 aliphatic rings. The van der Waals surface area contributed by atoms with Crippen molar-refractivity contribution < 1.29 is 14.3 Å². The van der Waals surface area contributed by atoms with Crippen LogP contribution in [0.5, 0.6) is 5.75 Å². The lowest BCUT2D eigenvalue weighted by molar-refractivity contribution is 0.0967. The average Bonchev–Trinajstić information content (AvgIpc) is 2.70. The van der Waals surface area contributed by atoms with E-state index in [1.807, 2.05) is 31.2 Å². The molecule has 0 fully saturated rings. The van der Waals surface area contributed by atoms with Crippen LogP contribution in [0.25, 0.3) is 0 Å². The molecule has 8 heteroatoms. The molecule has 1 atom stereocenters. The van der Waals surface area contributed by atoms with Crippen molar-refractivity contribution in [2.24, 2.45) is 0 Å². The van der Waals surface area contributed by atoms with Crippen molar-refractivity contribution in [3.63, 3.8) is 0 Å². The van der Waals surface area contributed by atoms with Crippen LogP contribution in [-0.2, 0) is 0 Å². The molecule has 1 unspecified atom stereocenters. The van der Waals surface area contributed by atoms with Crippen LogP contribution in [0, 0.1) is 0 Å². The number of hydrogen-bond donors (Lipinski definition) is 2. The van der Waals surface area contributed by atoms with E-state index in [9.17, 15) is 9.59 Å². The molecule has 6 nitrogen and oxygen atoms in total. The fraction of sp³-hybridized carbons (Fsp3) is 0.0952. The van der Waals surface area contributed by atoms with E-state index in [4.69, 9.17) is 27.9 Å². The van der Waals surface area contributed by atoms with Crippen LogP contribution < -0.4 is 15.4 Å². The Hall–Kier alpha value is -3.09. The summed E-state index contributed by atoms with van der Waals surface area (Å²) >= 11 is 11.8. The van der Waals surface area contributed by atoms with Crippen molar-refractivity contribution in [3.05, 3.63) is 88.2 Å². The maximum atomic E-state index is 12.1. The number of amides is 3. The zero-order valence-electron chi connectivity index (χ0n) is 15.4. The van der Waals surface area contributed by atoms with Gasteiger partial charge in [0.15, 0.2) is 0 Å². The van der Waals surface area contributed by atoms with Gasteiger partial charge in [0.1, 0.15) is 11.9 Å². The molecule has 0 spiro atoms. The summed E-state index contributed by atoms with van der Waals surface area (Å²) in [7, 11) is 0. The first kappa shape index (κ1) is 20.6. The topological polar surface area (TPSA) is 80.3 Å². The fourth-order valence-corrected chi connectivity index (χ4v) is 2.85. The minimum Gasteiger partial charge on any atom is -0.486 e. The van der Waals surface area contributed by atoms with Gasteiger partial charge in [-0.25, -0.2) is 4.79 Å². The number of aromatic nitrogens is 1. The molecule has 0 saturated heterocycles. The van der Waals surface area contributed by atoms with E-state index in [0.717, 1.165) is 5.56 Å². The minimum atomic E-state index is -0.675. The van der Waals surface area contributed by atoms with Crippen LogP contribution in [0.15, 0.2) is 67.0 Å². The molecule has 2 aromatic carbocycles. The van der Waals surface area contributed by atoms with Gasteiger partial charge in [-0.15, -0.1) is 0 Å². The first-order chi connectivity index (χ1) is 13.9. The highest BCUT2D eigenvalue weighted by molar-refractivity contribution is 6.34. The quantitative estimate of drug-likeness (QED) is 0.561. The summed E-state index contributed by atoms with van der Waals surface area (Å²) in [5.74, 6) is 0.0182. The van der Waals surface area contributed by atoms with Crippen molar-refractivity contribution >= 4 is 40.8 Å². The molecule has 1 aromatic heterocycles. The number of benzene rings is 2. The van der Waals surface area contributed by atoms with Gasteiger partial charge in [0.2, 0.25) is 0 Å². The Morgan fingerprint density at radius 2 is 1.69 bits per heavy atom. The van der Waals surface area contributed by atoms with Gasteiger partial charge in [-0.1, -0.05) is 35.3 Å². The van der Waals surface area contributed by atoms with Crippen LogP contribution in [0.4, 0.5) is 10.5 Å². The zero-order valence-corrected chi connectivity index (χ0v) is 16.9. The van der Waals surface area contributed by atoms with Gasteiger partial charge in [0, 0.05) is 23.1 Å². The third kappa shape index (κ3) is 5.70. The molecule has 3 amide bonds. The maximum absolute atomic E-state index is 12.1. The van der Waals surface area contributed by atoms with Gasteiger partial charge < -0.3 is 10.1 Å². The molecular formula is C21H17Cl2N3O3. The van der Waals surface area contributed by atoms with E-state index < -0.39 is 11.9 Å². The first-order valence-electron chi connectivity index (χ1n) is 8.66. The predicted octanol–water partition coefficient (Wildman–Crippen LogP) is 5.49. The lowest BCUT2D eigenvalue weighted by atomic mass is 10.1. The SMILES string of the molecule is CC(Oc1ccc(NC(=O)NC(=O)c2ccncc2Cl)cc1)c1ccc(Cl)cc1. The van der Waals surface area contributed by atoms with E-state index in [0.29, 0.717) is 16.5 Å². The number of carbonyl (C=O) groups excluding carboxylic acids is 2. The summed E-state index contributed by atoms with van der Waals surface area (Å²) in [5.41, 5.74) is 1.66. The van der Waals surface area contributed by atoms with Crippen molar-refractivity contribution in [1.29, 1.82) is 0 Å². The van der Waals surface area contributed by atoms with Gasteiger partial charge >= 0.3 is 6.03 Å². The lowest BCUT2D eigenvalue weighted by Gasteiger charge is -2.15. The molecule has 0 aliphatic carbocycles. The van der Waals surface area contributed by atoms with Gasteiger partial charge in [-0.2, -0.15) is 0 Å². The molecule has 2 N–H and O–H groups in total. The van der Waals surface area contributed by atoms with Gasteiger partial charge in [-0.05, 0) is 55.0 Å². The highest BCUT2D eigenvalue weighted by atomic mass is 35.5. The zero-order chi connectivity index (χ0) is 20.8. The van der Waals surface area contributed by atoms with Crippen LogP contribution in [-0.4, -0.2) is 16.9 Å². The maximum Gasteiger partial charge on any atom is 0.326 e. The number of pyridine rings is 1. The smallest absolute Gasteiger partial charge is 0.326 e. The number of imide groups is 1. The summed E-state index contributed by atoms with van der Waals surface area (Å²) in [6, 6.07) is 15.0. The Balaban J connectivity index is 1.56. The molecule has 3 rings (SSSR count). The van der Waals surface area contributed by atoms with Crippen molar-refractivity contribution in [1.82, 2.24) is 10.3 Å². The average molecular weight is 430 g/mol. The van der Waals surface area contributed by atoms with E-state index in [2.05, 4.69) is 15.6 Å². The molecule has 0 bridgehead atoms. The van der Waals surface area contributed by atoms with Gasteiger partial charge in [-0.3, -0.25) is 15.1 Å². The largest absolute Gasteiger partial charge is 0.486 e. The lowest BCUT2D eigenvalue weighted by Crippen LogP contribution is -2.34.